The molecule has 1 saturated carbocycles. The summed E-state index contributed by atoms with van der Waals surface area (Å²) in [5, 5.41) is 22.2. The molecule has 2 aliphatic heterocycles. The first kappa shape index (κ1) is 66.2. The van der Waals surface area contributed by atoms with Gasteiger partial charge in [-0.1, -0.05) is 78.2 Å². The Morgan fingerprint density at radius 3 is 2.32 bits per heavy atom. The van der Waals surface area contributed by atoms with E-state index in [2.05, 4.69) is 22.6 Å². The second-order valence-electron chi connectivity index (χ2n) is 23.9. The van der Waals surface area contributed by atoms with Crippen LogP contribution < -0.4 is 10.9 Å². The van der Waals surface area contributed by atoms with Crippen LogP contribution in [0.2, 0.25) is 0 Å². The topological polar surface area (TPSA) is 275 Å². The van der Waals surface area contributed by atoms with Gasteiger partial charge in [-0.05, 0) is 111 Å². The van der Waals surface area contributed by atoms with Gasteiger partial charge < -0.3 is 33.9 Å². The third-order valence-corrected chi connectivity index (χ3v) is 17.6. The molecule has 2 aromatic carbocycles. The molecular weight excluding hydrogens is 1130 g/mol. The number of ketones is 4. The van der Waals surface area contributed by atoms with Crippen molar-refractivity contribution in [2.45, 2.75) is 182 Å². The van der Waals surface area contributed by atoms with E-state index in [-0.39, 0.29) is 115 Å². The van der Waals surface area contributed by atoms with Crippen molar-refractivity contribution >= 4 is 63.6 Å². The first-order valence-electron chi connectivity index (χ1n) is 31.5. The smallest absolute Gasteiger partial charge is 0.508 e. The van der Waals surface area contributed by atoms with E-state index < -0.39 is 11.8 Å². The van der Waals surface area contributed by atoms with Gasteiger partial charge in [-0.2, -0.15) is 0 Å². The SMILES string of the molecule is CCC(=O)COCC(=O)CCCOCCn1cc(CCC(=O)C2CCC(CN3C(=O)CC(C)C3=O)CC2)nn1.CCCCCC(C)C(=O)Nc1ccc(COC(=O)OC2(CC)C(=O)CCc3c2cc2n(c3=O)Cc3c-2nc2ccc(O)cc2c3CC)cc1. The lowest BCUT2D eigenvalue weighted by Gasteiger charge is -2.36. The molecule has 0 bridgehead atoms. The summed E-state index contributed by atoms with van der Waals surface area (Å²) in [6.45, 7) is 13.5. The zero-order valence-corrected chi connectivity index (χ0v) is 51.8. The minimum atomic E-state index is -1.68. The Labute approximate surface area is 513 Å². The standard InChI is InChI=1S/C39H43N3O7.C28H42N4O7/c1-5-8-9-10-23(4)36(45)40-25-13-11-24(12-14-25)22-48-38(47)49-39(7-3)31-20-33-35-30(21-42(33)37(46)28(31)16-18-34(39)44)27(6-2)29-19-26(43)15-17-32(29)41-35;1-3-24(33)18-39-19-25(34)5-4-13-38-14-12-31-17-23(29-30-31)10-11-26(35)22-8-6-21(7-9-22)16-32-27(36)15-20(2)28(32)37/h11-15,17,19-20,23,43H,5-10,16,18,21-22H2,1-4H3,(H,40,45);17,20-22H,3-16,18-19H2,1-2H3. The number of aromatic nitrogens is 5. The van der Waals surface area contributed by atoms with Crippen molar-refractivity contribution in [3.8, 4) is 17.1 Å². The average molecular weight is 1210 g/mol. The fraction of sp³-hybridized carbons (Fsp3) is 0.552. The Morgan fingerprint density at radius 1 is 0.852 bits per heavy atom. The first-order chi connectivity index (χ1) is 42.4. The lowest BCUT2D eigenvalue weighted by molar-refractivity contribution is -0.144. The highest BCUT2D eigenvalue weighted by atomic mass is 16.7. The molecule has 2 fully saturated rings. The van der Waals surface area contributed by atoms with Gasteiger partial charge in [-0.25, -0.2) is 14.5 Å². The second kappa shape index (κ2) is 30.9. The van der Waals surface area contributed by atoms with Gasteiger partial charge >= 0.3 is 6.16 Å². The van der Waals surface area contributed by atoms with Crippen LogP contribution in [0.5, 0.6) is 5.75 Å². The molecule has 2 aliphatic carbocycles. The lowest BCUT2D eigenvalue weighted by atomic mass is 9.76. The van der Waals surface area contributed by atoms with Crippen molar-refractivity contribution < 1.29 is 62.4 Å². The number of hydrogen-bond acceptors (Lipinski definition) is 17. The zero-order valence-electron chi connectivity index (χ0n) is 51.8. The number of nitrogens with zero attached hydrogens (tertiary/aromatic N) is 6. The fourth-order valence-corrected chi connectivity index (χ4v) is 12.3. The number of nitrogens with one attached hydrogen (secondary N) is 1. The molecule has 3 unspecified atom stereocenters. The normalized spacial score (nSPS) is 18.9. The molecule has 9 rings (SSSR count). The van der Waals surface area contributed by atoms with E-state index in [1.807, 2.05) is 20.0 Å². The first-order valence-corrected chi connectivity index (χ1v) is 31.5. The Hall–Kier alpha value is -7.78. The predicted molar refractivity (Wildman–Crippen MR) is 327 cm³/mol. The Balaban J connectivity index is 0.000000234. The molecule has 1 saturated heterocycles. The van der Waals surface area contributed by atoms with E-state index in [0.717, 1.165) is 73.6 Å². The maximum atomic E-state index is 14.0. The molecule has 5 heterocycles. The molecule has 88 heavy (non-hydrogen) atoms. The van der Waals surface area contributed by atoms with Gasteiger partial charge in [0.25, 0.3) is 5.56 Å². The van der Waals surface area contributed by atoms with Gasteiger partial charge in [0, 0.05) is 103 Å². The number of benzene rings is 2. The number of hydrogen-bond donors (Lipinski definition) is 2. The molecule has 21 nitrogen and oxygen atoms in total. The average Bonchev–Trinajstić information content (AvgIpc) is 1.45. The van der Waals surface area contributed by atoms with Crippen molar-refractivity contribution in [2.24, 2.45) is 23.7 Å². The van der Waals surface area contributed by atoms with Crippen LogP contribution >= 0.6 is 0 Å². The Kier molecular flexibility index (Phi) is 23.2. The van der Waals surface area contributed by atoms with Gasteiger partial charge in [-0.15, -0.1) is 5.10 Å². The molecule has 0 spiro atoms. The fourth-order valence-electron chi connectivity index (χ4n) is 12.3. The number of phenolic OH excluding ortho intramolecular Hbond substituents is 1. The van der Waals surface area contributed by atoms with Crippen molar-refractivity contribution in [1.29, 1.82) is 0 Å². The van der Waals surface area contributed by atoms with Crippen LogP contribution in [0.25, 0.3) is 22.3 Å². The van der Waals surface area contributed by atoms with Crippen LogP contribution in [0.3, 0.4) is 0 Å². The minimum Gasteiger partial charge on any atom is -0.508 e. The highest BCUT2D eigenvalue weighted by molar-refractivity contribution is 6.03. The Bertz CT molecular complexity index is 3420. The van der Waals surface area contributed by atoms with Gasteiger partial charge in [0.1, 0.15) is 31.4 Å². The predicted octanol–water partition coefficient (Wildman–Crippen LogP) is 9.66. The van der Waals surface area contributed by atoms with Crippen molar-refractivity contribution in [1.82, 2.24) is 29.4 Å². The zero-order chi connectivity index (χ0) is 63.1. The number of amides is 3. The molecule has 2 N–H and O–H groups in total. The van der Waals surface area contributed by atoms with Crippen LogP contribution in [-0.2, 0) is 97.1 Å². The monoisotopic (exact) mass is 1210 g/mol. The number of carbonyl (C=O) groups excluding carboxylic acids is 8. The number of rotatable bonds is 29. The minimum absolute atomic E-state index is 0.0135. The van der Waals surface area contributed by atoms with Crippen LogP contribution in [0.1, 0.15) is 171 Å². The highest BCUT2D eigenvalue weighted by Crippen LogP contribution is 2.43. The number of imide groups is 1. The number of pyridine rings is 2. The molecule has 5 aromatic rings. The van der Waals surface area contributed by atoms with E-state index in [0.29, 0.717) is 117 Å². The maximum Gasteiger partial charge on any atom is 0.509 e. The summed E-state index contributed by atoms with van der Waals surface area (Å²) < 4.78 is 25.4. The summed E-state index contributed by atoms with van der Waals surface area (Å²) in [6, 6.07) is 13.8. The number of likely N-dealkylation sites (tertiary alicyclic amines) is 1. The molecule has 3 atom stereocenters. The number of carbonyl (C=O) groups is 8. The quantitative estimate of drug-likeness (QED) is 0.0251. The van der Waals surface area contributed by atoms with Crippen LogP contribution in [0.4, 0.5) is 10.5 Å². The van der Waals surface area contributed by atoms with E-state index in [1.54, 1.807) is 78.6 Å². The molecular formula is C67H85N7O14. The summed E-state index contributed by atoms with van der Waals surface area (Å²) >= 11 is 0. The molecule has 21 heteroatoms. The molecule has 3 amide bonds. The molecule has 3 aromatic heterocycles. The van der Waals surface area contributed by atoms with Gasteiger partial charge in [0.15, 0.2) is 23.0 Å². The van der Waals surface area contributed by atoms with Crippen LogP contribution in [-0.4, -0.2) is 115 Å². The van der Waals surface area contributed by atoms with Crippen molar-refractivity contribution in [3.05, 3.63) is 98.6 Å². The van der Waals surface area contributed by atoms with Gasteiger partial charge in [0.2, 0.25) is 17.7 Å². The van der Waals surface area contributed by atoms with E-state index >= 15 is 0 Å². The van der Waals surface area contributed by atoms with Crippen molar-refractivity contribution in [2.75, 3.05) is 38.3 Å². The number of aryl methyl sites for hydroxylation is 2. The summed E-state index contributed by atoms with van der Waals surface area (Å²) in [5.74, 6) is -0.110. The van der Waals surface area contributed by atoms with Gasteiger partial charge in [-0.3, -0.25) is 43.3 Å². The molecule has 472 valence electrons. The van der Waals surface area contributed by atoms with Gasteiger partial charge in [0.05, 0.1) is 42.3 Å². The van der Waals surface area contributed by atoms with Crippen LogP contribution in [0.15, 0.2) is 59.5 Å². The second-order valence-corrected chi connectivity index (χ2v) is 23.9. The number of aromatic hydroxyl groups is 1. The van der Waals surface area contributed by atoms with E-state index in [9.17, 15) is 48.3 Å². The summed E-state index contributed by atoms with van der Waals surface area (Å²) in [6.07, 6.45) is 11.9. The van der Waals surface area contributed by atoms with Crippen molar-refractivity contribution in [3.63, 3.8) is 0 Å². The number of Topliss-reactive ketones (excluding diaryl/α,β-unsaturated/α-hetero) is 4. The Morgan fingerprint density at radius 2 is 1.61 bits per heavy atom. The third kappa shape index (κ3) is 16.3. The third-order valence-electron chi connectivity index (χ3n) is 17.6. The summed E-state index contributed by atoms with van der Waals surface area (Å²) in [5.41, 5.74) is 4.82. The summed E-state index contributed by atoms with van der Waals surface area (Å²) in [7, 11) is 0. The lowest BCUT2D eigenvalue weighted by Crippen LogP contribution is -2.46. The maximum absolute atomic E-state index is 14.0. The number of unbranched alkanes of at least 4 members (excludes halogenated alkanes) is 2. The molecule has 0 radical (unpaired) electrons. The number of ether oxygens (including phenoxy) is 4. The number of anilines is 1. The number of fused-ring (bicyclic) bond motifs is 5. The van der Waals surface area contributed by atoms with Crippen LogP contribution in [0, 0.1) is 23.7 Å². The largest absolute Gasteiger partial charge is 0.509 e. The molecule has 4 aliphatic rings. The highest BCUT2D eigenvalue weighted by Gasteiger charge is 2.49. The number of phenols is 1. The summed E-state index contributed by atoms with van der Waals surface area (Å²) in [4.78, 5) is 120. The van der Waals surface area contributed by atoms with E-state index in [4.69, 9.17) is 23.9 Å². The van der Waals surface area contributed by atoms with E-state index in [1.165, 1.54) is 4.90 Å².